The molecule has 1 saturated heterocycles. The van der Waals surface area contributed by atoms with Crippen molar-refractivity contribution in [2.45, 2.75) is 58.6 Å². The Labute approximate surface area is 105 Å². The fourth-order valence-electron chi connectivity index (χ4n) is 1.96. The number of hydrogen-bond donors (Lipinski definition) is 1. The standard InChI is InChI=1S/C13H26N2O2/c1-5-6-7-11-10-15(9-8-14-11)12(16)17-13(2,3)4/h11,14H,5-10H2,1-4H3/t11-/m0/s1. The third-order valence-electron chi connectivity index (χ3n) is 2.81. The molecular formula is C13H26N2O2. The summed E-state index contributed by atoms with van der Waals surface area (Å²) >= 11 is 0. The monoisotopic (exact) mass is 242 g/mol. The minimum atomic E-state index is -0.402. The lowest BCUT2D eigenvalue weighted by Gasteiger charge is -2.34. The minimum Gasteiger partial charge on any atom is -0.444 e. The highest BCUT2D eigenvalue weighted by Crippen LogP contribution is 2.13. The van der Waals surface area contributed by atoms with Gasteiger partial charge in [0, 0.05) is 25.7 Å². The summed E-state index contributed by atoms with van der Waals surface area (Å²) in [5, 5.41) is 3.45. The number of unbranched alkanes of at least 4 members (excludes halogenated alkanes) is 1. The van der Waals surface area contributed by atoms with E-state index < -0.39 is 5.60 Å². The van der Waals surface area contributed by atoms with E-state index in [0.29, 0.717) is 6.04 Å². The van der Waals surface area contributed by atoms with Crippen molar-refractivity contribution in [3.63, 3.8) is 0 Å². The van der Waals surface area contributed by atoms with E-state index in [1.165, 1.54) is 12.8 Å². The molecule has 0 aliphatic carbocycles. The molecule has 0 aromatic carbocycles. The van der Waals surface area contributed by atoms with Crippen LogP contribution in [0.15, 0.2) is 0 Å². The summed E-state index contributed by atoms with van der Waals surface area (Å²) in [5.74, 6) is 0. The molecular weight excluding hydrogens is 216 g/mol. The molecule has 1 rings (SSSR count). The summed E-state index contributed by atoms with van der Waals surface area (Å²) in [7, 11) is 0. The Morgan fingerprint density at radius 3 is 2.76 bits per heavy atom. The topological polar surface area (TPSA) is 41.6 Å². The molecule has 0 radical (unpaired) electrons. The third-order valence-corrected chi connectivity index (χ3v) is 2.81. The van der Waals surface area contributed by atoms with Gasteiger partial charge in [0.2, 0.25) is 0 Å². The van der Waals surface area contributed by atoms with Gasteiger partial charge in [0.25, 0.3) is 0 Å². The van der Waals surface area contributed by atoms with Gasteiger partial charge in [0.15, 0.2) is 0 Å². The van der Waals surface area contributed by atoms with Gasteiger partial charge in [-0.25, -0.2) is 4.79 Å². The van der Waals surface area contributed by atoms with E-state index in [1.807, 2.05) is 25.7 Å². The van der Waals surface area contributed by atoms with Gasteiger partial charge in [-0.15, -0.1) is 0 Å². The number of carbonyl (C=O) groups is 1. The zero-order valence-corrected chi connectivity index (χ0v) is 11.6. The van der Waals surface area contributed by atoms with Crippen molar-refractivity contribution in [1.29, 1.82) is 0 Å². The van der Waals surface area contributed by atoms with E-state index in [2.05, 4.69) is 12.2 Å². The number of rotatable bonds is 3. The highest BCUT2D eigenvalue weighted by molar-refractivity contribution is 5.68. The molecule has 1 aliphatic rings. The zero-order chi connectivity index (χ0) is 12.9. The molecule has 1 amide bonds. The Morgan fingerprint density at radius 2 is 2.18 bits per heavy atom. The van der Waals surface area contributed by atoms with Crippen LogP contribution in [0.2, 0.25) is 0 Å². The van der Waals surface area contributed by atoms with Gasteiger partial charge < -0.3 is 15.0 Å². The molecule has 1 N–H and O–H groups in total. The molecule has 0 saturated carbocycles. The number of ether oxygens (including phenoxy) is 1. The predicted octanol–water partition coefficient (Wildman–Crippen LogP) is 2.39. The average molecular weight is 242 g/mol. The van der Waals surface area contributed by atoms with E-state index in [0.717, 1.165) is 26.1 Å². The summed E-state index contributed by atoms with van der Waals surface area (Å²) in [6, 6.07) is 0.427. The van der Waals surface area contributed by atoms with Gasteiger partial charge >= 0.3 is 6.09 Å². The quantitative estimate of drug-likeness (QED) is 0.826. The Bertz CT molecular complexity index is 248. The molecule has 0 aromatic heterocycles. The maximum absolute atomic E-state index is 11.9. The van der Waals surface area contributed by atoms with Crippen molar-refractivity contribution >= 4 is 6.09 Å². The first-order chi connectivity index (χ1) is 7.92. The number of amides is 1. The summed E-state index contributed by atoms with van der Waals surface area (Å²) in [6.45, 7) is 10.3. The van der Waals surface area contributed by atoms with Gasteiger partial charge in [-0.3, -0.25) is 0 Å². The van der Waals surface area contributed by atoms with Crippen LogP contribution in [0.5, 0.6) is 0 Å². The van der Waals surface area contributed by atoms with Crippen LogP contribution >= 0.6 is 0 Å². The molecule has 1 atom stereocenters. The number of hydrogen-bond acceptors (Lipinski definition) is 3. The lowest BCUT2D eigenvalue weighted by Crippen LogP contribution is -2.53. The normalized spacial score (nSPS) is 21.4. The van der Waals surface area contributed by atoms with Gasteiger partial charge in [0.1, 0.15) is 5.60 Å². The fraction of sp³-hybridized carbons (Fsp3) is 0.923. The van der Waals surface area contributed by atoms with E-state index >= 15 is 0 Å². The maximum Gasteiger partial charge on any atom is 0.410 e. The maximum atomic E-state index is 11.9. The molecule has 1 heterocycles. The molecule has 0 unspecified atom stereocenters. The van der Waals surface area contributed by atoms with Crippen LogP contribution in [0.1, 0.15) is 47.0 Å². The van der Waals surface area contributed by atoms with E-state index in [1.54, 1.807) is 0 Å². The van der Waals surface area contributed by atoms with Crippen molar-refractivity contribution in [1.82, 2.24) is 10.2 Å². The van der Waals surface area contributed by atoms with E-state index in [9.17, 15) is 4.79 Å². The highest BCUT2D eigenvalue weighted by atomic mass is 16.6. The smallest absolute Gasteiger partial charge is 0.410 e. The van der Waals surface area contributed by atoms with E-state index in [4.69, 9.17) is 4.74 Å². The summed E-state index contributed by atoms with van der Waals surface area (Å²) in [5.41, 5.74) is -0.402. The van der Waals surface area contributed by atoms with Crippen molar-refractivity contribution in [2.24, 2.45) is 0 Å². The number of carbonyl (C=O) groups excluding carboxylic acids is 1. The van der Waals surface area contributed by atoms with E-state index in [-0.39, 0.29) is 6.09 Å². The zero-order valence-electron chi connectivity index (χ0n) is 11.6. The van der Waals surface area contributed by atoms with Crippen LogP contribution in [0, 0.1) is 0 Å². The summed E-state index contributed by atoms with van der Waals surface area (Å²) < 4.78 is 5.39. The van der Waals surface area contributed by atoms with Crippen LogP contribution in [-0.2, 0) is 4.74 Å². The number of piperazine rings is 1. The van der Waals surface area contributed by atoms with Crippen LogP contribution in [0.25, 0.3) is 0 Å². The van der Waals surface area contributed by atoms with Gasteiger partial charge in [-0.2, -0.15) is 0 Å². The largest absolute Gasteiger partial charge is 0.444 e. The van der Waals surface area contributed by atoms with Gasteiger partial charge in [-0.1, -0.05) is 19.8 Å². The average Bonchev–Trinajstić information content (AvgIpc) is 2.24. The van der Waals surface area contributed by atoms with Gasteiger partial charge in [0.05, 0.1) is 0 Å². The van der Waals surface area contributed by atoms with Crippen molar-refractivity contribution in [3.05, 3.63) is 0 Å². The minimum absolute atomic E-state index is 0.180. The Kier molecular flexibility index (Phi) is 5.25. The highest BCUT2D eigenvalue weighted by Gasteiger charge is 2.26. The second kappa shape index (κ2) is 6.24. The van der Waals surface area contributed by atoms with Crippen molar-refractivity contribution in [2.75, 3.05) is 19.6 Å². The predicted molar refractivity (Wildman–Crippen MR) is 69.1 cm³/mol. The summed E-state index contributed by atoms with van der Waals surface area (Å²) in [6.07, 6.45) is 3.36. The van der Waals surface area contributed by atoms with Gasteiger partial charge in [-0.05, 0) is 27.2 Å². The Hall–Kier alpha value is -0.770. The summed E-state index contributed by atoms with van der Waals surface area (Å²) in [4.78, 5) is 13.7. The molecule has 4 nitrogen and oxygen atoms in total. The second-order valence-corrected chi connectivity index (χ2v) is 5.72. The molecule has 100 valence electrons. The third kappa shape index (κ3) is 5.39. The molecule has 0 aromatic rings. The molecule has 0 bridgehead atoms. The van der Waals surface area contributed by atoms with Crippen LogP contribution in [-0.4, -0.2) is 42.3 Å². The van der Waals surface area contributed by atoms with Crippen molar-refractivity contribution < 1.29 is 9.53 Å². The fourth-order valence-corrected chi connectivity index (χ4v) is 1.96. The van der Waals surface area contributed by atoms with Crippen LogP contribution < -0.4 is 5.32 Å². The first-order valence-corrected chi connectivity index (χ1v) is 6.63. The SMILES string of the molecule is CCCC[C@H]1CN(C(=O)OC(C)(C)C)CCN1. The number of nitrogens with zero attached hydrogens (tertiary/aromatic N) is 1. The first kappa shape index (κ1) is 14.3. The molecule has 1 aliphatic heterocycles. The lowest BCUT2D eigenvalue weighted by molar-refractivity contribution is 0.0192. The Morgan fingerprint density at radius 1 is 1.47 bits per heavy atom. The molecule has 1 fully saturated rings. The van der Waals surface area contributed by atoms with Crippen LogP contribution in [0.4, 0.5) is 4.79 Å². The Balaban J connectivity index is 2.40. The van der Waals surface area contributed by atoms with Crippen molar-refractivity contribution in [3.8, 4) is 0 Å². The number of nitrogens with one attached hydrogen (secondary N) is 1. The molecule has 0 spiro atoms. The molecule has 17 heavy (non-hydrogen) atoms. The second-order valence-electron chi connectivity index (χ2n) is 5.72. The first-order valence-electron chi connectivity index (χ1n) is 6.63. The molecule has 4 heteroatoms. The lowest BCUT2D eigenvalue weighted by atomic mass is 10.1. The van der Waals surface area contributed by atoms with Crippen LogP contribution in [0.3, 0.4) is 0 Å².